The lowest BCUT2D eigenvalue weighted by Gasteiger charge is -2.07. The van der Waals surface area contributed by atoms with Gasteiger partial charge in [-0.2, -0.15) is 0 Å². The molecule has 2 rings (SSSR count). The van der Waals surface area contributed by atoms with Crippen LogP contribution in [0.25, 0.3) is 0 Å². The first-order valence-corrected chi connectivity index (χ1v) is 6.02. The van der Waals surface area contributed by atoms with E-state index in [0.717, 1.165) is 21.8 Å². The first-order valence-electron chi connectivity index (χ1n) is 5.57. The van der Waals surface area contributed by atoms with Crippen LogP contribution in [0.3, 0.4) is 0 Å². The third-order valence-corrected chi connectivity index (χ3v) is 2.73. The van der Waals surface area contributed by atoms with Crippen molar-refractivity contribution in [1.29, 1.82) is 0 Å². The van der Waals surface area contributed by atoms with Gasteiger partial charge in [-0.15, -0.1) is 12.6 Å². The van der Waals surface area contributed by atoms with E-state index in [4.69, 9.17) is 0 Å². The van der Waals surface area contributed by atoms with Crippen molar-refractivity contribution in [2.24, 2.45) is 0 Å². The van der Waals surface area contributed by atoms with Gasteiger partial charge in [-0.25, -0.2) is 4.79 Å². The van der Waals surface area contributed by atoms with E-state index in [0.29, 0.717) is 0 Å². The molecule has 0 heterocycles. The number of thiol groups is 1. The summed E-state index contributed by atoms with van der Waals surface area (Å²) >= 11 is 4.18. The SMILES string of the molecule is Cc1ccc(NC(=O)Nc2ccc(S)cc2)cc1. The summed E-state index contributed by atoms with van der Waals surface area (Å²) in [6, 6.07) is 14.6. The van der Waals surface area contributed by atoms with Crippen molar-refractivity contribution in [1.82, 2.24) is 0 Å². The van der Waals surface area contributed by atoms with Crippen LogP contribution in [0.2, 0.25) is 0 Å². The maximum absolute atomic E-state index is 11.7. The van der Waals surface area contributed by atoms with E-state index in [-0.39, 0.29) is 6.03 Å². The van der Waals surface area contributed by atoms with Gasteiger partial charge in [0.25, 0.3) is 0 Å². The highest BCUT2D eigenvalue weighted by Gasteiger charge is 2.01. The van der Waals surface area contributed by atoms with Crippen LogP contribution in [0.5, 0.6) is 0 Å². The number of carbonyl (C=O) groups is 1. The molecule has 0 unspecified atom stereocenters. The minimum absolute atomic E-state index is 0.259. The predicted octanol–water partition coefficient (Wildman–Crippen LogP) is 3.93. The number of hydrogen-bond donors (Lipinski definition) is 3. The number of hydrogen-bond acceptors (Lipinski definition) is 2. The van der Waals surface area contributed by atoms with Gasteiger partial charge in [-0.05, 0) is 43.3 Å². The number of benzene rings is 2. The maximum Gasteiger partial charge on any atom is 0.323 e. The number of urea groups is 1. The molecule has 0 aliphatic rings. The van der Waals surface area contributed by atoms with E-state index in [1.165, 1.54) is 0 Å². The van der Waals surface area contributed by atoms with Gasteiger partial charge in [0, 0.05) is 16.3 Å². The van der Waals surface area contributed by atoms with Crippen molar-refractivity contribution >= 4 is 30.0 Å². The van der Waals surface area contributed by atoms with E-state index in [1.807, 2.05) is 43.3 Å². The van der Waals surface area contributed by atoms with Gasteiger partial charge < -0.3 is 10.6 Å². The molecule has 4 heteroatoms. The molecule has 2 aromatic carbocycles. The van der Waals surface area contributed by atoms with Crippen molar-refractivity contribution in [3.05, 3.63) is 54.1 Å². The van der Waals surface area contributed by atoms with Crippen LogP contribution in [0.1, 0.15) is 5.56 Å². The molecule has 2 aromatic rings. The summed E-state index contributed by atoms with van der Waals surface area (Å²) in [5.74, 6) is 0. The van der Waals surface area contributed by atoms with Gasteiger partial charge in [0.2, 0.25) is 0 Å². The Labute approximate surface area is 112 Å². The lowest BCUT2D eigenvalue weighted by Crippen LogP contribution is -2.19. The summed E-state index contributed by atoms with van der Waals surface area (Å²) < 4.78 is 0. The van der Waals surface area contributed by atoms with Gasteiger partial charge in [0.05, 0.1) is 0 Å². The van der Waals surface area contributed by atoms with Crippen LogP contribution in [-0.4, -0.2) is 6.03 Å². The summed E-state index contributed by atoms with van der Waals surface area (Å²) in [4.78, 5) is 12.6. The van der Waals surface area contributed by atoms with Crippen LogP contribution >= 0.6 is 12.6 Å². The zero-order valence-electron chi connectivity index (χ0n) is 9.97. The number of carbonyl (C=O) groups excluding carboxylic acids is 1. The monoisotopic (exact) mass is 258 g/mol. The highest BCUT2D eigenvalue weighted by molar-refractivity contribution is 7.80. The molecule has 0 aliphatic carbocycles. The fourth-order valence-electron chi connectivity index (χ4n) is 1.48. The number of nitrogens with one attached hydrogen (secondary N) is 2. The Hall–Kier alpha value is -1.94. The molecule has 2 amide bonds. The van der Waals surface area contributed by atoms with E-state index in [2.05, 4.69) is 23.3 Å². The topological polar surface area (TPSA) is 41.1 Å². The Morgan fingerprint density at radius 3 is 1.83 bits per heavy atom. The van der Waals surface area contributed by atoms with E-state index < -0.39 is 0 Å². The average Bonchev–Trinajstić information content (AvgIpc) is 2.35. The van der Waals surface area contributed by atoms with Crippen molar-refractivity contribution in [2.75, 3.05) is 10.6 Å². The second-order valence-electron chi connectivity index (χ2n) is 3.99. The minimum atomic E-state index is -0.259. The molecular weight excluding hydrogens is 244 g/mol. The quantitative estimate of drug-likeness (QED) is 0.702. The van der Waals surface area contributed by atoms with Crippen LogP contribution in [0.15, 0.2) is 53.4 Å². The number of amides is 2. The molecule has 92 valence electrons. The molecule has 0 spiro atoms. The molecule has 0 saturated heterocycles. The third kappa shape index (κ3) is 3.53. The second kappa shape index (κ2) is 5.60. The van der Waals surface area contributed by atoms with Crippen LogP contribution < -0.4 is 10.6 Å². The Balaban J connectivity index is 1.96. The van der Waals surface area contributed by atoms with Crippen molar-refractivity contribution < 1.29 is 4.79 Å². The fraction of sp³-hybridized carbons (Fsp3) is 0.0714. The predicted molar refractivity (Wildman–Crippen MR) is 77.5 cm³/mol. The molecule has 0 aliphatic heterocycles. The Morgan fingerprint density at radius 2 is 1.33 bits per heavy atom. The van der Waals surface area contributed by atoms with E-state index in [1.54, 1.807) is 12.1 Å². The standard InChI is InChI=1S/C14H14N2OS/c1-10-2-4-11(5-3-10)15-14(17)16-12-6-8-13(18)9-7-12/h2-9,18H,1H3,(H2,15,16,17). The fourth-order valence-corrected chi connectivity index (χ4v) is 1.62. The molecule has 2 N–H and O–H groups in total. The van der Waals surface area contributed by atoms with Gasteiger partial charge in [-0.1, -0.05) is 17.7 Å². The molecule has 0 atom stereocenters. The first-order chi connectivity index (χ1) is 8.63. The average molecular weight is 258 g/mol. The van der Waals surface area contributed by atoms with Gasteiger partial charge >= 0.3 is 6.03 Å². The normalized spacial score (nSPS) is 9.89. The van der Waals surface area contributed by atoms with Gasteiger partial charge in [0.1, 0.15) is 0 Å². The summed E-state index contributed by atoms with van der Waals surface area (Å²) in [6.45, 7) is 2.00. The number of anilines is 2. The molecule has 0 bridgehead atoms. The van der Waals surface area contributed by atoms with Crippen LogP contribution in [0.4, 0.5) is 16.2 Å². The molecular formula is C14H14N2OS. The highest BCUT2D eigenvalue weighted by Crippen LogP contribution is 2.13. The molecule has 0 fully saturated rings. The zero-order valence-corrected chi connectivity index (χ0v) is 10.9. The molecule has 3 nitrogen and oxygen atoms in total. The minimum Gasteiger partial charge on any atom is -0.308 e. The van der Waals surface area contributed by atoms with Gasteiger partial charge in [-0.3, -0.25) is 0 Å². The third-order valence-electron chi connectivity index (χ3n) is 2.43. The van der Waals surface area contributed by atoms with Crippen molar-refractivity contribution in [3.8, 4) is 0 Å². The van der Waals surface area contributed by atoms with E-state index >= 15 is 0 Å². The lowest BCUT2D eigenvalue weighted by atomic mass is 10.2. The Bertz CT molecular complexity index is 485. The first kappa shape index (κ1) is 12.5. The molecule has 0 radical (unpaired) electrons. The van der Waals surface area contributed by atoms with Crippen LogP contribution in [-0.2, 0) is 0 Å². The van der Waals surface area contributed by atoms with Crippen LogP contribution in [0, 0.1) is 6.92 Å². The Kier molecular flexibility index (Phi) is 3.89. The molecule has 18 heavy (non-hydrogen) atoms. The van der Waals surface area contributed by atoms with Crippen molar-refractivity contribution in [2.45, 2.75) is 11.8 Å². The Morgan fingerprint density at radius 1 is 0.889 bits per heavy atom. The summed E-state index contributed by atoms with van der Waals surface area (Å²) in [7, 11) is 0. The summed E-state index contributed by atoms with van der Waals surface area (Å²) in [5, 5.41) is 5.51. The largest absolute Gasteiger partial charge is 0.323 e. The lowest BCUT2D eigenvalue weighted by molar-refractivity contribution is 0.262. The summed E-state index contributed by atoms with van der Waals surface area (Å²) in [6.07, 6.45) is 0. The van der Waals surface area contributed by atoms with Gasteiger partial charge in [0.15, 0.2) is 0 Å². The highest BCUT2D eigenvalue weighted by atomic mass is 32.1. The smallest absolute Gasteiger partial charge is 0.308 e. The summed E-state index contributed by atoms with van der Waals surface area (Å²) in [5.41, 5.74) is 2.66. The molecule has 0 aromatic heterocycles. The molecule has 0 saturated carbocycles. The van der Waals surface area contributed by atoms with E-state index in [9.17, 15) is 4.79 Å². The van der Waals surface area contributed by atoms with Crippen molar-refractivity contribution in [3.63, 3.8) is 0 Å². The number of aryl methyl sites for hydroxylation is 1. The zero-order chi connectivity index (χ0) is 13.0. The second-order valence-corrected chi connectivity index (χ2v) is 4.51. The number of rotatable bonds is 2. The maximum atomic E-state index is 11.7.